The van der Waals surface area contributed by atoms with Crippen molar-refractivity contribution in [2.45, 2.75) is 30.1 Å². The number of aromatic nitrogens is 1. The summed E-state index contributed by atoms with van der Waals surface area (Å²) in [4.78, 5) is 7.16. The van der Waals surface area contributed by atoms with E-state index in [2.05, 4.69) is 33.8 Å². The van der Waals surface area contributed by atoms with E-state index in [0.717, 1.165) is 41.2 Å². The summed E-state index contributed by atoms with van der Waals surface area (Å²) in [5, 5.41) is 4.32. The highest BCUT2D eigenvalue weighted by Crippen LogP contribution is 2.34. The fourth-order valence-electron chi connectivity index (χ4n) is 3.71. The first-order chi connectivity index (χ1) is 13.9. The average Bonchev–Trinajstić information content (AvgIpc) is 3.12. The summed E-state index contributed by atoms with van der Waals surface area (Å²) in [5.74, 6) is 0.723. The second-order valence-corrected chi connectivity index (χ2v) is 10.3. The summed E-state index contributed by atoms with van der Waals surface area (Å²) in [6.07, 6.45) is 1.66. The molecule has 0 spiro atoms. The molecule has 0 saturated carbocycles. The lowest BCUT2D eigenvalue weighted by Gasteiger charge is -2.38. The Balaban J connectivity index is 1.64. The summed E-state index contributed by atoms with van der Waals surface area (Å²) in [6.45, 7) is 5.91. The molecule has 7 nitrogen and oxygen atoms in total. The number of fused-ring (bicyclic) bond motifs is 1. The van der Waals surface area contributed by atoms with Crippen LogP contribution in [0.2, 0.25) is 0 Å². The number of nitrogens with zero attached hydrogens (tertiary/aromatic N) is 2. The number of piperazine rings is 1. The number of methoxy groups -OCH3 is 1. The number of thiophene rings is 1. The number of sulfonamides is 1. The standard InChI is InChI=1S/C20H24N4O3S2/c1-13-11-24(12-14(2)22-13)17-10-16(6-7-18(17)27-3)23-29(25,26)19-9-15-5-4-8-21-20(15)28-19/h4-10,13-14,22-23H,11-12H2,1-3H3/t13-,14+. The van der Waals surface area contributed by atoms with Crippen LogP contribution in [0.4, 0.5) is 11.4 Å². The lowest BCUT2D eigenvalue weighted by atomic mass is 10.1. The van der Waals surface area contributed by atoms with Crippen molar-refractivity contribution in [1.82, 2.24) is 10.3 Å². The third-order valence-corrected chi connectivity index (χ3v) is 7.78. The maximum absolute atomic E-state index is 12.9. The van der Waals surface area contributed by atoms with Gasteiger partial charge in [0.1, 0.15) is 14.8 Å². The second kappa shape index (κ2) is 7.81. The quantitative estimate of drug-likeness (QED) is 0.644. The summed E-state index contributed by atoms with van der Waals surface area (Å²) in [5.41, 5.74) is 1.39. The largest absolute Gasteiger partial charge is 0.495 e. The lowest BCUT2D eigenvalue weighted by Crippen LogP contribution is -2.54. The Hall–Kier alpha value is -2.36. The molecule has 1 aliphatic rings. The molecule has 154 valence electrons. The molecule has 1 saturated heterocycles. The van der Waals surface area contributed by atoms with Crippen molar-refractivity contribution in [3.63, 3.8) is 0 Å². The van der Waals surface area contributed by atoms with E-state index in [1.54, 1.807) is 37.6 Å². The molecule has 0 bridgehead atoms. The van der Waals surface area contributed by atoms with Gasteiger partial charge in [0.25, 0.3) is 10.0 Å². The van der Waals surface area contributed by atoms with Crippen molar-refractivity contribution < 1.29 is 13.2 Å². The number of hydrogen-bond acceptors (Lipinski definition) is 7. The topological polar surface area (TPSA) is 83.6 Å². The fourth-order valence-corrected chi connectivity index (χ4v) is 6.07. The highest BCUT2D eigenvalue weighted by atomic mass is 32.2. The van der Waals surface area contributed by atoms with Gasteiger partial charge < -0.3 is 15.0 Å². The van der Waals surface area contributed by atoms with Gasteiger partial charge in [0, 0.05) is 36.8 Å². The zero-order valence-electron chi connectivity index (χ0n) is 16.5. The number of hydrogen-bond donors (Lipinski definition) is 2. The molecule has 3 heterocycles. The first kappa shape index (κ1) is 19.9. The number of rotatable bonds is 5. The molecule has 2 N–H and O–H groups in total. The predicted molar refractivity (Wildman–Crippen MR) is 118 cm³/mol. The van der Waals surface area contributed by atoms with Gasteiger partial charge in [0.15, 0.2) is 0 Å². The van der Waals surface area contributed by atoms with Crippen molar-refractivity contribution in [3.05, 3.63) is 42.6 Å². The van der Waals surface area contributed by atoms with Crippen molar-refractivity contribution in [2.24, 2.45) is 0 Å². The van der Waals surface area contributed by atoms with Crippen LogP contribution in [0.5, 0.6) is 5.75 Å². The Bertz CT molecular complexity index is 1090. The van der Waals surface area contributed by atoms with Gasteiger partial charge in [-0.25, -0.2) is 13.4 Å². The van der Waals surface area contributed by atoms with E-state index in [1.807, 2.05) is 12.1 Å². The SMILES string of the molecule is COc1ccc(NS(=O)(=O)c2cc3cccnc3s2)cc1N1C[C@@H](C)N[C@@H](C)C1. The summed E-state index contributed by atoms with van der Waals surface area (Å²) in [6, 6.07) is 11.3. The first-order valence-corrected chi connectivity index (χ1v) is 11.7. The van der Waals surface area contributed by atoms with Gasteiger partial charge in [-0.3, -0.25) is 4.72 Å². The lowest BCUT2D eigenvalue weighted by molar-refractivity contribution is 0.391. The number of anilines is 2. The van der Waals surface area contributed by atoms with E-state index in [4.69, 9.17) is 4.74 Å². The van der Waals surface area contributed by atoms with Gasteiger partial charge in [0.2, 0.25) is 0 Å². The van der Waals surface area contributed by atoms with Crippen LogP contribution in [-0.4, -0.2) is 45.7 Å². The summed E-state index contributed by atoms with van der Waals surface area (Å²) >= 11 is 1.16. The molecular weight excluding hydrogens is 408 g/mol. The van der Waals surface area contributed by atoms with E-state index in [0.29, 0.717) is 22.6 Å². The highest BCUT2D eigenvalue weighted by molar-refractivity contribution is 7.94. The third-order valence-electron chi connectivity index (χ3n) is 4.87. The van der Waals surface area contributed by atoms with Gasteiger partial charge in [-0.1, -0.05) is 6.07 Å². The Labute approximate surface area is 174 Å². The van der Waals surface area contributed by atoms with Crippen LogP contribution in [0.15, 0.2) is 46.8 Å². The minimum atomic E-state index is -3.71. The zero-order valence-corrected chi connectivity index (χ0v) is 18.2. The van der Waals surface area contributed by atoms with Crippen LogP contribution in [0.3, 0.4) is 0 Å². The molecule has 0 amide bonds. The molecule has 1 aromatic carbocycles. The average molecular weight is 433 g/mol. The Morgan fingerprint density at radius 2 is 1.97 bits per heavy atom. The number of ether oxygens (including phenoxy) is 1. The number of pyridine rings is 1. The van der Waals surface area contributed by atoms with Crippen LogP contribution >= 0.6 is 11.3 Å². The van der Waals surface area contributed by atoms with Crippen molar-refractivity contribution in [2.75, 3.05) is 29.8 Å². The van der Waals surface area contributed by atoms with Crippen LogP contribution in [0, 0.1) is 0 Å². The van der Waals surface area contributed by atoms with Gasteiger partial charge in [-0.05, 0) is 44.2 Å². The van der Waals surface area contributed by atoms with Crippen molar-refractivity contribution >= 4 is 43.0 Å². The molecule has 1 fully saturated rings. The van der Waals surface area contributed by atoms with Crippen molar-refractivity contribution in [1.29, 1.82) is 0 Å². The van der Waals surface area contributed by atoms with E-state index in [1.165, 1.54) is 0 Å². The Kier molecular flexibility index (Phi) is 5.37. The monoisotopic (exact) mass is 432 g/mol. The third kappa shape index (κ3) is 4.17. The van der Waals surface area contributed by atoms with Crippen LogP contribution in [-0.2, 0) is 10.0 Å². The van der Waals surface area contributed by atoms with Gasteiger partial charge in [-0.2, -0.15) is 0 Å². The smallest absolute Gasteiger partial charge is 0.271 e. The molecule has 1 aliphatic heterocycles. The maximum Gasteiger partial charge on any atom is 0.271 e. The second-order valence-electron chi connectivity index (χ2n) is 7.33. The van der Waals surface area contributed by atoms with Gasteiger partial charge in [0.05, 0.1) is 18.5 Å². The fraction of sp³-hybridized carbons (Fsp3) is 0.350. The molecule has 4 rings (SSSR count). The van der Waals surface area contributed by atoms with Crippen LogP contribution in [0.25, 0.3) is 10.2 Å². The molecule has 0 aliphatic carbocycles. The molecule has 0 radical (unpaired) electrons. The van der Waals surface area contributed by atoms with Crippen molar-refractivity contribution in [3.8, 4) is 5.75 Å². The van der Waals surface area contributed by atoms with E-state index in [9.17, 15) is 8.42 Å². The van der Waals surface area contributed by atoms with E-state index in [-0.39, 0.29) is 4.21 Å². The van der Waals surface area contributed by atoms with Crippen LogP contribution in [0.1, 0.15) is 13.8 Å². The minimum Gasteiger partial charge on any atom is -0.495 e. The number of benzene rings is 1. The Morgan fingerprint density at radius 1 is 1.21 bits per heavy atom. The van der Waals surface area contributed by atoms with Gasteiger partial charge >= 0.3 is 0 Å². The minimum absolute atomic E-state index is 0.244. The molecule has 29 heavy (non-hydrogen) atoms. The predicted octanol–water partition coefficient (Wildman–Crippen LogP) is 3.29. The molecule has 9 heteroatoms. The molecule has 3 aromatic rings. The number of nitrogens with one attached hydrogen (secondary N) is 2. The zero-order chi connectivity index (χ0) is 20.6. The highest BCUT2D eigenvalue weighted by Gasteiger charge is 2.24. The first-order valence-electron chi connectivity index (χ1n) is 9.42. The normalized spacial score (nSPS) is 20.0. The molecule has 2 aromatic heterocycles. The van der Waals surface area contributed by atoms with E-state index >= 15 is 0 Å². The van der Waals surface area contributed by atoms with Gasteiger partial charge in [-0.15, -0.1) is 11.3 Å². The summed E-state index contributed by atoms with van der Waals surface area (Å²) < 4.78 is 34.4. The summed E-state index contributed by atoms with van der Waals surface area (Å²) in [7, 11) is -2.08. The Morgan fingerprint density at radius 3 is 2.66 bits per heavy atom. The molecule has 0 unspecified atom stereocenters. The van der Waals surface area contributed by atoms with Crippen LogP contribution < -0.4 is 19.7 Å². The molecular formula is C20H24N4O3S2. The maximum atomic E-state index is 12.9. The van der Waals surface area contributed by atoms with E-state index < -0.39 is 10.0 Å². The molecule has 2 atom stereocenters.